The van der Waals surface area contributed by atoms with Gasteiger partial charge in [-0.25, -0.2) is 0 Å². The molecule has 4 aromatic carbocycles. The summed E-state index contributed by atoms with van der Waals surface area (Å²) in [5.74, 6) is 0.505. The summed E-state index contributed by atoms with van der Waals surface area (Å²) in [5, 5.41) is 0. The van der Waals surface area contributed by atoms with E-state index in [1.165, 1.54) is 72.3 Å². The first kappa shape index (κ1) is 27.9. The van der Waals surface area contributed by atoms with Gasteiger partial charge in [0.15, 0.2) is 0 Å². The van der Waals surface area contributed by atoms with Gasteiger partial charge in [0, 0.05) is 0 Å². The molecule has 0 spiro atoms. The topological polar surface area (TPSA) is 0 Å². The summed E-state index contributed by atoms with van der Waals surface area (Å²) in [6.45, 7) is 13.9. The molecule has 0 bridgehead atoms. The molecule has 5 rings (SSSR count). The second kappa shape index (κ2) is 12.3. The fraction of sp³-hybridized carbons (Fsp3) is 0.300. The van der Waals surface area contributed by atoms with Crippen LogP contribution in [-0.2, 0) is 6.42 Å². The van der Waals surface area contributed by atoms with Crippen LogP contribution in [-0.4, -0.2) is 0 Å². The van der Waals surface area contributed by atoms with Gasteiger partial charge in [0.1, 0.15) is 0 Å². The molecule has 1 unspecified atom stereocenters. The third-order valence-electron chi connectivity index (χ3n) is 9.12. The number of hydrogen-bond acceptors (Lipinski definition) is 0. The highest BCUT2D eigenvalue weighted by Gasteiger charge is 2.20. The van der Waals surface area contributed by atoms with E-state index in [0.717, 1.165) is 32.1 Å². The highest BCUT2D eigenvalue weighted by atomic mass is 14.2. The predicted molar refractivity (Wildman–Crippen MR) is 176 cm³/mol. The third kappa shape index (κ3) is 5.50. The van der Waals surface area contributed by atoms with E-state index < -0.39 is 0 Å². The van der Waals surface area contributed by atoms with Crippen LogP contribution >= 0.6 is 0 Å². The molecule has 0 aliphatic heterocycles. The van der Waals surface area contributed by atoms with Gasteiger partial charge in [-0.3, -0.25) is 0 Å². The van der Waals surface area contributed by atoms with E-state index in [4.69, 9.17) is 0 Å². The minimum atomic E-state index is 0.505. The maximum absolute atomic E-state index is 2.51. The van der Waals surface area contributed by atoms with Crippen molar-refractivity contribution >= 4 is 5.57 Å². The SMILES string of the molecule is CCCc1ccc(-c2ccccc2)cc1-c1cc(-c2cc(C3=CC=CCC3)ccc2C(C)CC)c(C)c(C)c1C. The maximum atomic E-state index is 2.51. The Morgan fingerprint density at radius 3 is 2.05 bits per heavy atom. The van der Waals surface area contributed by atoms with Gasteiger partial charge in [-0.15, -0.1) is 0 Å². The summed E-state index contributed by atoms with van der Waals surface area (Å²) in [5.41, 5.74) is 18.0. The second-order valence-corrected chi connectivity index (χ2v) is 11.6. The fourth-order valence-electron chi connectivity index (χ4n) is 6.21. The Balaban J connectivity index is 1.75. The molecule has 0 heterocycles. The number of benzene rings is 4. The van der Waals surface area contributed by atoms with Crippen LogP contribution in [0, 0.1) is 20.8 Å². The quantitative estimate of drug-likeness (QED) is 0.215. The highest BCUT2D eigenvalue weighted by molar-refractivity contribution is 5.85. The summed E-state index contributed by atoms with van der Waals surface area (Å²) in [6.07, 6.45) is 12.4. The summed E-state index contributed by atoms with van der Waals surface area (Å²) in [7, 11) is 0. The largest absolute Gasteiger partial charge is 0.0842 e. The fourth-order valence-corrected chi connectivity index (χ4v) is 6.21. The van der Waals surface area contributed by atoms with E-state index in [-0.39, 0.29) is 0 Å². The molecule has 0 amide bonds. The van der Waals surface area contributed by atoms with Gasteiger partial charge in [0.25, 0.3) is 0 Å². The molecular formula is C40H44. The van der Waals surface area contributed by atoms with E-state index in [2.05, 4.69) is 133 Å². The summed E-state index contributed by atoms with van der Waals surface area (Å²) in [6, 6.07) is 27.7. The monoisotopic (exact) mass is 524 g/mol. The van der Waals surface area contributed by atoms with Gasteiger partial charge >= 0.3 is 0 Å². The Kier molecular flexibility index (Phi) is 8.55. The van der Waals surface area contributed by atoms with Crippen molar-refractivity contribution in [3.05, 3.63) is 124 Å². The highest BCUT2D eigenvalue weighted by Crippen LogP contribution is 2.42. The lowest BCUT2D eigenvalue weighted by atomic mass is 9.81. The van der Waals surface area contributed by atoms with Crippen molar-refractivity contribution in [3.63, 3.8) is 0 Å². The molecule has 0 aromatic heterocycles. The molecule has 0 saturated carbocycles. The van der Waals surface area contributed by atoms with Gasteiger partial charge in [0.05, 0.1) is 0 Å². The van der Waals surface area contributed by atoms with Crippen molar-refractivity contribution in [1.82, 2.24) is 0 Å². The lowest BCUT2D eigenvalue weighted by Gasteiger charge is -2.23. The van der Waals surface area contributed by atoms with Crippen LogP contribution in [0.3, 0.4) is 0 Å². The molecule has 0 nitrogen and oxygen atoms in total. The van der Waals surface area contributed by atoms with Crippen LogP contribution < -0.4 is 0 Å². The van der Waals surface area contributed by atoms with Crippen LogP contribution in [0.15, 0.2) is 91.0 Å². The lowest BCUT2D eigenvalue weighted by molar-refractivity contribution is 0.735. The minimum Gasteiger partial charge on any atom is -0.0842 e. The molecule has 0 N–H and O–H groups in total. The molecule has 40 heavy (non-hydrogen) atoms. The van der Waals surface area contributed by atoms with Crippen molar-refractivity contribution in [2.24, 2.45) is 0 Å². The van der Waals surface area contributed by atoms with E-state index in [0.29, 0.717) is 5.92 Å². The first-order chi connectivity index (χ1) is 19.4. The molecule has 1 aliphatic rings. The summed E-state index contributed by atoms with van der Waals surface area (Å²) in [4.78, 5) is 0. The zero-order valence-corrected chi connectivity index (χ0v) is 25.3. The molecule has 0 fully saturated rings. The van der Waals surface area contributed by atoms with Gasteiger partial charge < -0.3 is 0 Å². The average Bonchev–Trinajstić information content (AvgIpc) is 3.01. The van der Waals surface area contributed by atoms with Crippen molar-refractivity contribution < 1.29 is 0 Å². The molecule has 4 aromatic rings. The van der Waals surface area contributed by atoms with Gasteiger partial charge in [0.2, 0.25) is 0 Å². The second-order valence-electron chi connectivity index (χ2n) is 11.6. The maximum Gasteiger partial charge on any atom is -0.0140 e. The lowest BCUT2D eigenvalue weighted by Crippen LogP contribution is -2.02. The zero-order chi connectivity index (χ0) is 28.2. The van der Waals surface area contributed by atoms with Gasteiger partial charge in [-0.2, -0.15) is 0 Å². The van der Waals surface area contributed by atoms with Gasteiger partial charge in [-0.05, 0) is 143 Å². The van der Waals surface area contributed by atoms with Crippen molar-refractivity contribution in [1.29, 1.82) is 0 Å². The normalized spacial score (nSPS) is 13.8. The van der Waals surface area contributed by atoms with Crippen LogP contribution in [0.5, 0.6) is 0 Å². The Bertz CT molecular complexity index is 1560. The molecule has 1 atom stereocenters. The van der Waals surface area contributed by atoms with E-state index in [1.807, 2.05) is 0 Å². The first-order valence-corrected chi connectivity index (χ1v) is 15.2. The molecular weight excluding hydrogens is 480 g/mol. The van der Waals surface area contributed by atoms with E-state index in [9.17, 15) is 0 Å². The zero-order valence-electron chi connectivity index (χ0n) is 25.3. The third-order valence-corrected chi connectivity index (χ3v) is 9.12. The van der Waals surface area contributed by atoms with E-state index in [1.54, 1.807) is 0 Å². The standard InChI is InChI=1S/C40H44/c1-7-15-33-20-21-34(31-16-11-9-12-17-31)24-39(33)37-26-38(30(6)28(4)29(37)5)40-25-35(32-18-13-10-14-19-32)22-23-36(40)27(3)8-2/h9-13,16-18,20-27H,7-8,14-15,19H2,1-6H3. The van der Waals surface area contributed by atoms with Gasteiger partial charge in [-0.1, -0.05) is 100 Å². The molecule has 1 aliphatic carbocycles. The molecule has 204 valence electrons. The van der Waals surface area contributed by atoms with Crippen LogP contribution in [0.1, 0.15) is 85.8 Å². The Labute approximate surface area is 242 Å². The molecule has 0 radical (unpaired) electrons. The van der Waals surface area contributed by atoms with Crippen LogP contribution in [0.2, 0.25) is 0 Å². The van der Waals surface area contributed by atoms with Crippen molar-refractivity contribution in [2.75, 3.05) is 0 Å². The molecule has 0 saturated heterocycles. The Hall–Kier alpha value is -3.64. The van der Waals surface area contributed by atoms with Crippen molar-refractivity contribution in [2.45, 2.75) is 79.6 Å². The number of allylic oxidation sites excluding steroid dienone is 4. The Morgan fingerprint density at radius 1 is 0.675 bits per heavy atom. The van der Waals surface area contributed by atoms with Crippen LogP contribution in [0.25, 0.3) is 39.0 Å². The number of hydrogen-bond donors (Lipinski definition) is 0. The smallest absolute Gasteiger partial charge is 0.0140 e. The van der Waals surface area contributed by atoms with Crippen LogP contribution in [0.4, 0.5) is 0 Å². The molecule has 0 heteroatoms. The van der Waals surface area contributed by atoms with E-state index >= 15 is 0 Å². The first-order valence-electron chi connectivity index (χ1n) is 15.2. The summed E-state index contributed by atoms with van der Waals surface area (Å²) < 4.78 is 0. The average molecular weight is 525 g/mol. The predicted octanol–water partition coefficient (Wildman–Crippen LogP) is 11.8. The van der Waals surface area contributed by atoms with Crippen molar-refractivity contribution in [3.8, 4) is 33.4 Å². The Morgan fingerprint density at radius 2 is 1.38 bits per heavy atom. The number of rotatable bonds is 8. The number of aryl methyl sites for hydroxylation is 1. The summed E-state index contributed by atoms with van der Waals surface area (Å²) >= 11 is 0. The minimum absolute atomic E-state index is 0.505.